The maximum atomic E-state index is 12.5. The predicted molar refractivity (Wildman–Crippen MR) is 106 cm³/mol. The van der Waals surface area contributed by atoms with Gasteiger partial charge >= 0.3 is 0 Å². The monoisotopic (exact) mass is 368 g/mol. The third-order valence-electron chi connectivity index (χ3n) is 4.93. The Hall–Kier alpha value is -2.37. The van der Waals surface area contributed by atoms with Crippen LogP contribution >= 0.6 is 0 Å². The summed E-state index contributed by atoms with van der Waals surface area (Å²) in [7, 11) is 0. The van der Waals surface area contributed by atoms with Crippen molar-refractivity contribution in [2.24, 2.45) is 0 Å². The Balaban J connectivity index is 1.67. The molecule has 2 aromatic carbocycles. The minimum Gasteiger partial charge on any atom is -0.507 e. The number of benzene rings is 2. The summed E-state index contributed by atoms with van der Waals surface area (Å²) < 4.78 is 5.81. The first kappa shape index (κ1) is 19.4. The average molecular weight is 368 g/mol. The molecule has 2 aromatic rings. The van der Waals surface area contributed by atoms with Gasteiger partial charge in [-0.25, -0.2) is 0 Å². The topological polar surface area (TPSA) is 61.8 Å². The van der Waals surface area contributed by atoms with E-state index in [0.29, 0.717) is 17.7 Å². The summed E-state index contributed by atoms with van der Waals surface area (Å²) in [4.78, 5) is 14.9. The Morgan fingerprint density at radius 1 is 1.11 bits per heavy atom. The quantitative estimate of drug-likeness (QED) is 0.851. The number of nitrogens with zero attached hydrogens (tertiary/aromatic N) is 1. The van der Waals surface area contributed by atoms with Crippen molar-refractivity contribution in [3.8, 4) is 5.75 Å². The molecule has 0 bridgehead atoms. The van der Waals surface area contributed by atoms with Gasteiger partial charge in [0.25, 0.3) is 5.91 Å². The highest BCUT2D eigenvalue weighted by atomic mass is 16.5. The lowest BCUT2D eigenvalue weighted by molar-refractivity contribution is -0.0705. The summed E-state index contributed by atoms with van der Waals surface area (Å²) in [6.07, 6.45) is 0.454. The van der Waals surface area contributed by atoms with Gasteiger partial charge in [0.2, 0.25) is 0 Å². The van der Waals surface area contributed by atoms with E-state index in [-0.39, 0.29) is 23.9 Å². The molecule has 0 spiro atoms. The minimum atomic E-state index is -0.264. The van der Waals surface area contributed by atoms with E-state index in [4.69, 9.17) is 4.74 Å². The van der Waals surface area contributed by atoms with Crippen molar-refractivity contribution in [3.63, 3.8) is 0 Å². The molecule has 1 aliphatic rings. The van der Waals surface area contributed by atoms with Crippen LogP contribution < -0.4 is 5.32 Å². The van der Waals surface area contributed by atoms with Crippen molar-refractivity contribution in [1.82, 2.24) is 10.2 Å². The summed E-state index contributed by atoms with van der Waals surface area (Å²) in [6.45, 7) is 9.06. The first-order valence-electron chi connectivity index (χ1n) is 9.45. The molecule has 0 saturated carbocycles. The molecule has 1 heterocycles. The van der Waals surface area contributed by atoms with Gasteiger partial charge in [-0.1, -0.05) is 36.4 Å². The predicted octanol–water partition coefficient (Wildman–Crippen LogP) is 3.24. The number of hydrogen-bond donors (Lipinski definition) is 2. The van der Waals surface area contributed by atoms with E-state index in [1.807, 2.05) is 18.2 Å². The molecule has 2 atom stereocenters. The number of para-hydroxylation sites is 1. The number of phenolic OH excluding ortho intramolecular Hbond substituents is 1. The normalized spacial score (nSPS) is 20.4. The van der Waals surface area contributed by atoms with Crippen LogP contribution in [0.5, 0.6) is 5.75 Å². The molecule has 0 radical (unpaired) electrons. The van der Waals surface area contributed by atoms with Crippen molar-refractivity contribution >= 4 is 5.91 Å². The Morgan fingerprint density at radius 3 is 2.48 bits per heavy atom. The van der Waals surface area contributed by atoms with Gasteiger partial charge in [0.1, 0.15) is 5.75 Å². The number of morpholine rings is 1. The second-order valence-electron chi connectivity index (χ2n) is 7.37. The van der Waals surface area contributed by atoms with Crippen molar-refractivity contribution in [3.05, 3.63) is 64.7 Å². The van der Waals surface area contributed by atoms with Crippen molar-refractivity contribution in [1.29, 1.82) is 0 Å². The smallest absolute Gasteiger partial charge is 0.255 e. The molecular weight excluding hydrogens is 340 g/mol. The van der Waals surface area contributed by atoms with Gasteiger partial charge in [-0.15, -0.1) is 0 Å². The highest BCUT2D eigenvalue weighted by Gasteiger charge is 2.22. The maximum absolute atomic E-state index is 12.5. The van der Waals surface area contributed by atoms with Gasteiger partial charge in [-0.3, -0.25) is 9.69 Å². The molecule has 1 aliphatic heterocycles. The third-order valence-corrected chi connectivity index (χ3v) is 4.93. The van der Waals surface area contributed by atoms with Crippen LogP contribution in [0.2, 0.25) is 0 Å². The Kier molecular flexibility index (Phi) is 6.14. The zero-order valence-electron chi connectivity index (χ0n) is 16.2. The molecule has 0 aliphatic carbocycles. The second-order valence-corrected chi connectivity index (χ2v) is 7.37. The fourth-order valence-electron chi connectivity index (χ4n) is 3.65. The van der Waals surface area contributed by atoms with Crippen LogP contribution in [0.25, 0.3) is 0 Å². The van der Waals surface area contributed by atoms with E-state index in [0.717, 1.165) is 25.2 Å². The van der Waals surface area contributed by atoms with Crippen LogP contribution in [0.15, 0.2) is 42.5 Å². The van der Waals surface area contributed by atoms with Crippen LogP contribution in [0.1, 0.15) is 40.9 Å². The van der Waals surface area contributed by atoms with Gasteiger partial charge in [0.05, 0.1) is 17.8 Å². The zero-order chi connectivity index (χ0) is 19.4. The number of carbonyl (C=O) groups is 1. The number of aromatic hydroxyl groups is 1. The molecule has 2 unspecified atom stereocenters. The highest BCUT2D eigenvalue weighted by Crippen LogP contribution is 2.22. The van der Waals surface area contributed by atoms with Crippen LogP contribution in [-0.4, -0.2) is 41.2 Å². The average Bonchev–Trinajstić information content (AvgIpc) is 2.62. The van der Waals surface area contributed by atoms with Gasteiger partial charge < -0.3 is 15.2 Å². The lowest BCUT2D eigenvalue weighted by Gasteiger charge is -2.35. The molecule has 0 aromatic heterocycles. The van der Waals surface area contributed by atoms with Gasteiger partial charge in [-0.2, -0.15) is 0 Å². The van der Waals surface area contributed by atoms with Crippen LogP contribution in [0.3, 0.4) is 0 Å². The summed E-state index contributed by atoms with van der Waals surface area (Å²) in [5, 5.41) is 13.0. The summed E-state index contributed by atoms with van der Waals surface area (Å²) in [5.74, 6) is -0.223. The van der Waals surface area contributed by atoms with E-state index in [9.17, 15) is 9.90 Å². The third kappa shape index (κ3) is 4.87. The number of nitrogens with one attached hydrogen (secondary N) is 1. The zero-order valence-corrected chi connectivity index (χ0v) is 16.2. The van der Waals surface area contributed by atoms with E-state index in [2.05, 4.69) is 30.1 Å². The van der Waals surface area contributed by atoms with E-state index in [1.165, 1.54) is 5.56 Å². The fraction of sp³-hybridized carbons (Fsp3) is 0.409. The molecule has 1 fully saturated rings. The largest absolute Gasteiger partial charge is 0.507 e. The minimum absolute atomic E-state index is 0.0413. The van der Waals surface area contributed by atoms with Crippen LogP contribution in [0, 0.1) is 6.92 Å². The van der Waals surface area contributed by atoms with E-state index < -0.39 is 0 Å². The molecule has 5 heteroatoms. The number of rotatable bonds is 5. The first-order chi connectivity index (χ1) is 12.9. The number of amides is 1. The van der Waals surface area contributed by atoms with E-state index in [1.54, 1.807) is 25.1 Å². The molecule has 5 nitrogen and oxygen atoms in total. The lowest BCUT2D eigenvalue weighted by Crippen LogP contribution is -2.45. The summed E-state index contributed by atoms with van der Waals surface area (Å²) in [6, 6.07) is 13.4. The van der Waals surface area contributed by atoms with Crippen LogP contribution in [-0.2, 0) is 17.8 Å². The first-order valence-corrected chi connectivity index (χ1v) is 9.45. The van der Waals surface area contributed by atoms with Gasteiger partial charge in [0, 0.05) is 26.2 Å². The Bertz CT molecular complexity index is 796. The van der Waals surface area contributed by atoms with E-state index >= 15 is 0 Å². The molecular formula is C22H28N2O3. The Morgan fingerprint density at radius 2 is 1.78 bits per heavy atom. The maximum Gasteiger partial charge on any atom is 0.255 e. The molecule has 2 N–H and O–H groups in total. The molecule has 1 saturated heterocycles. The number of carbonyl (C=O) groups excluding carboxylic acids is 1. The van der Waals surface area contributed by atoms with Crippen molar-refractivity contribution in [2.75, 3.05) is 13.1 Å². The molecule has 1 amide bonds. The number of aryl methyl sites for hydroxylation is 1. The van der Waals surface area contributed by atoms with Crippen molar-refractivity contribution < 1.29 is 14.6 Å². The number of phenols is 1. The second kappa shape index (κ2) is 8.55. The molecule has 144 valence electrons. The lowest BCUT2D eigenvalue weighted by atomic mass is 10.1. The standard InChI is InChI=1S/C22H28N2O3/c1-15-7-6-10-20(21(15)25)22(26)23-11-18-8-4-5-9-19(18)14-24-12-16(2)27-17(3)13-24/h4-10,16-17,25H,11-14H2,1-3H3,(H,23,26). The summed E-state index contributed by atoms with van der Waals surface area (Å²) in [5.41, 5.74) is 3.29. The number of ether oxygens (including phenoxy) is 1. The summed E-state index contributed by atoms with van der Waals surface area (Å²) >= 11 is 0. The molecule has 3 rings (SSSR count). The fourth-order valence-corrected chi connectivity index (χ4v) is 3.65. The SMILES string of the molecule is Cc1cccc(C(=O)NCc2ccccc2CN2CC(C)OC(C)C2)c1O. The highest BCUT2D eigenvalue weighted by molar-refractivity contribution is 5.97. The Labute approximate surface area is 161 Å². The van der Waals surface area contributed by atoms with Crippen LogP contribution in [0.4, 0.5) is 0 Å². The van der Waals surface area contributed by atoms with Gasteiger partial charge in [0.15, 0.2) is 0 Å². The number of hydrogen-bond acceptors (Lipinski definition) is 4. The molecule has 27 heavy (non-hydrogen) atoms. The van der Waals surface area contributed by atoms with Crippen molar-refractivity contribution in [2.45, 2.75) is 46.1 Å². The van der Waals surface area contributed by atoms with Gasteiger partial charge in [-0.05, 0) is 43.5 Å².